The Hall–Kier alpha value is -8.00. The SMILES string of the molecule is FC(F)(F)c1cc([B-](c2cc(C(F)(F)F)cc(C(F)(F)F)c2)(c2cc(C(F)(F)F)cc(C(F)(F)F)c2)c2cc(C(F)(F)F)cc(C(F)(F)F)c2)cc(C(F)(F)F)c1.O=C(C[n+]1ccc(-c2cccc3ccccc23)cc1)c1ccccc1. The summed E-state index contributed by atoms with van der Waals surface area (Å²) < 4.78 is 343. The molecule has 7 aromatic carbocycles. The number of nitrogens with zero attached hydrogens (tertiary/aromatic N) is 1. The van der Waals surface area contributed by atoms with Gasteiger partial charge in [-0.05, 0) is 46.2 Å². The predicted octanol–water partition coefficient (Wildman–Crippen LogP) is 15.9. The Balaban J connectivity index is 0.000000318. The van der Waals surface area contributed by atoms with Crippen LogP contribution in [0.25, 0.3) is 21.9 Å². The van der Waals surface area contributed by atoms with E-state index >= 15 is 0 Å². The fraction of sp³-hybridized carbons (Fsp3) is 0.164. The molecule has 1 heterocycles. The predicted molar refractivity (Wildman–Crippen MR) is 250 cm³/mol. The smallest absolute Gasteiger partial charge is 0.287 e. The van der Waals surface area contributed by atoms with Crippen LogP contribution in [0, 0.1) is 0 Å². The number of pyridine rings is 1. The van der Waals surface area contributed by atoms with Crippen LogP contribution in [0.15, 0.2) is 170 Å². The highest BCUT2D eigenvalue weighted by Gasteiger charge is 2.47. The van der Waals surface area contributed by atoms with E-state index in [0.717, 1.165) is 11.1 Å². The van der Waals surface area contributed by atoms with Crippen LogP contribution in [0.2, 0.25) is 0 Å². The zero-order valence-electron chi connectivity index (χ0n) is 40.4. The zero-order chi connectivity index (χ0) is 61.0. The largest absolute Gasteiger partial charge is 0.416 e. The minimum atomic E-state index is -6.13. The molecule has 0 amide bonds. The van der Waals surface area contributed by atoms with Crippen LogP contribution in [-0.4, -0.2) is 11.9 Å². The van der Waals surface area contributed by atoms with E-state index in [9.17, 15) is 110 Å². The first-order valence-corrected chi connectivity index (χ1v) is 23.0. The molecule has 82 heavy (non-hydrogen) atoms. The first-order chi connectivity index (χ1) is 37.6. The molecule has 0 aliphatic carbocycles. The number of halogens is 24. The molecule has 0 aliphatic rings. The van der Waals surface area contributed by atoms with Gasteiger partial charge in [0.05, 0.1) is 44.5 Å². The second-order valence-electron chi connectivity index (χ2n) is 18.3. The first kappa shape index (κ1) is 61.6. The number of ketones is 1. The summed E-state index contributed by atoms with van der Waals surface area (Å²) in [6.45, 7) is 0.347. The molecule has 1 aromatic heterocycles. The second-order valence-corrected chi connectivity index (χ2v) is 18.3. The number of aromatic nitrogens is 1. The van der Waals surface area contributed by atoms with Crippen LogP contribution in [0.1, 0.15) is 54.9 Å². The van der Waals surface area contributed by atoms with Gasteiger partial charge in [0.25, 0.3) is 0 Å². The van der Waals surface area contributed by atoms with E-state index in [-0.39, 0.29) is 5.78 Å². The van der Waals surface area contributed by atoms with Crippen LogP contribution in [0.5, 0.6) is 0 Å². The Morgan fingerprint density at radius 3 is 0.915 bits per heavy atom. The van der Waals surface area contributed by atoms with E-state index in [1.807, 2.05) is 47.3 Å². The van der Waals surface area contributed by atoms with Gasteiger partial charge in [0.2, 0.25) is 12.3 Å². The molecule has 0 saturated carbocycles. The van der Waals surface area contributed by atoms with Gasteiger partial charge >= 0.3 is 49.4 Å². The molecule has 27 heteroatoms. The normalized spacial score (nSPS) is 13.2. The van der Waals surface area contributed by atoms with E-state index < -0.39 is 195 Å². The molecule has 0 unspecified atom stereocenters. The summed E-state index contributed by atoms with van der Waals surface area (Å²) in [6.07, 6.45) is -50.9. The summed E-state index contributed by atoms with van der Waals surface area (Å²) in [6, 6.07) is 19.5. The molecule has 0 atom stereocenters. The van der Waals surface area contributed by atoms with Crippen LogP contribution >= 0.6 is 0 Å². The van der Waals surface area contributed by atoms with Gasteiger partial charge in [0, 0.05) is 17.7 Å². The van der Waals surface area contributed by atoms with Crippen molar-refractivity contribution in [3.05, 3.63) is 220 Å². The highest BCUT2D eigenvalue weighted by molar-refractivity contribution is 7.20. The molecule has 8 rings (SSSR count). The van der Waals surface area contributed by atoms with E-state index in [2.05, 4.69) is 54.6 Å². The van der Waals surface area contributed by atoms with Gasteiger partial charge in [-0.2, -0.15) is 132 Å². The molecule has 0 bridgehead atoms. The van der Waals surface area contributed by atoms with Gasteiger partial charge < -0.3 is 0 Å². The summed E-state index contributed by atoms with van der Waals surface area (Å²) in [5.74, 6) is 0.114. The zero-order valence-corrected chi connectivity index (χ0v) is 40.4. The minimum Gasteiger partial charge on any atom is -0.287 e. The molecule has 0 radical (unpaired) electrons. The van der Waals surface area contributed by atoms with Crippen molar-refractivity contribution in [3.63, 3.8) is 0 Å². The fourth-order valence-corrected chi connectivity index (χ4v) is 9.17. The number of carbonyl (C=O) groups is 1. The number of hydrogen-bond acceptors (Lipinski definition) is 1. The minimum absolute atomic E-state index is 0.114. The molecule has 0 spiro atoms. The number of benzene rings is 7. The summed E-state index contributed by atoms with van der Waals surface area (Å²) in [4.78, 5) is 12.3. The van der Waals surface area contributed by atoms with Gasteiger partial charge in [0.15, 0.2) is 12.4 Å². The molecular weight excluding hydrogens is 1160 g/mol. The van der Waals surface area contributed by atoms with Crippen molar-refractivity contribution in [1.82, 2.24) is 0 Å². The van der Waals surface area contributed by atoms with Crippen molar-refractivity contribution in [3.8, 4) is 11.1 Å². The standard InChI is InChI=1S/C32H12BF24.C23H18NO/c34-25(35,36)13-1-14(26(37,38)39)6-21(5-13)33(22-7-15(27(40,41)42)2-16(8-22)28(43,44)45,23-9-17(29(46,47)48)3-18(10-23)30(49,50)51)24-11-19(31(52,53)54)4-20(12-24)32(55,56)57;25-23(20-8-2-1-3-9-20)17-24-15-13-19(14-16-24)22-12-6-10-18-7-4-5-11-21(18)22/h1-12H;1-16H,17H2/q-1;+1. The van der Waals surface area contributed by atoms with Crippen LogP contribution in [-0.2, 0) is 56.0 Å². The second kappa shape index (κ2) is 21.7. The third-order valence-electron chi connectivity index (χ3n) is 12.9. The average molecular weight is 1190 g/mol. The van der Waals surface area contributed by atoms with Crippen LogP contribution in [0.3, 0.4) is 0 Å². The van der Waals surface area contributed by atoms with Crippen LogP contribution in [0.4, 0.5) is 105 Å². The highest BCUT2D eigenvalue weighted by atomic mass is 19.4. The summed E-state index contributed by atoms with van der Waals surface area (Å²) in [5, 5.41) is 2.47. The fourth-order valence-electron chi connectivity index (χ4n) is 9.17. The quantitative estimate of drug-likeness (QED) is 0.0643. The Morgan fingerprint density at radius 1 is 0.329 bits per heavy atom. The number of fused-ring (bicyclic) bond motifs is 1. The van der Waals surface area contributed by atoms with E-state index in [1.54, 1.807) is 0 Å². The van der Waals surface area contributed by atoms with E-state index in [0.29, 0.717) is 6.54 Å². The van der Waals surface area contributed by atoms with Crippen molar-refractivity contribution in [2.24, 2.45) is 0 Å². The third-order valence-corrected chi connectivity index (χ3v) is 12.9. The van der Waals surface area contributed by atoms with Gasteiger partial charge in [0.1, 0.15) is 6.15 Å². The molecular formula is C55H30BF24NO. The lowest BCUT2D eigenvalue weighted by molar-refractivity contribution is -0.683. The topological polar surface area (TPSA) is 20.9 Å². The Morgan fingerprint density at radius 2 is 0.610 bits per heavy atom. The number of alkyl halides is 24. The first-order valence-electron chi connectivity index (χ1n) is 23.0. The summed E-state index contributed by atoms with van der Waals surface area (Å²) in [5.41, 5.74) is -27.1. The summed E-state index contributed by atoms with van der Waals surface area (Å²) >= 11 is 0. The molecule has 0 N–H and O–H groups in total. The number of carbonyl (C=O) groups excluding carboxylic acids is 1. The maximum atomic E-state index is 14.2. The molecule has 8 aromatic rings. The van der Waals surface area contributed by atoms with Gasteiger partial charge in [-0.3, -0.25) is 4.79 Å². The Bertz CT molecular complexity index is 3180. The van der Waals surface area contributed by atoms with Crippen molar-refractivity contribution >= 4 is 44.6 Å². The van der Waals surface area contributed by atoms with E-state index in [4.69, 9.17) is 0 Å². The van der Waals surface area contributed by atoms with Crippen LogP contribution < -0.4 is 26.4 Å². The van der Waals surface area contributed by atoms with Crippen molar-refractivity contribution < 1.29 is 115 Å². The molecule has 432 valence electrons. The number of hydrogen-bond donors (Lipinski definition) is 0. The number of Topliss-reactive ketones (excluding diaryl/α,β-unsaturated/α-hetero) is 1. The molecule has 0 fully saturated rings. The lowest BCUT2D eigenvalue weighted by atomic mass is 9.12. The molecule has 0 saturated heterocycles. The maximum absolute atomic E-state index is 14.2. The lowest BCUT2D eigenvalue weighted by Gasteiger charge is -2.46. The Labute approximate surface area is 445 Å². The van der Waals surface area contributed by atoms with Crippen molar-refractivity contribution in [1.29, 1.82) is 0 Å². The van der Waals surface area contributed by atoms with E-state index in [1.165, 1.54) is 16.3 Å². The van der Waals surface area contributed by atoms with Crippen molar-refractivity contribution in [2.75, 3.05) is 0 Å². The van der Waals surface area contributed by atoms with Gasteiger partial charge in [-0.1, -0.05) is 121 Å². The highest BCUT2D eigenvalue weighted by Crippen LogP contribution is 2.42. The third kappa shape index (κ3) is 13.7. The maximum Gasteiger partial charge on any atom is 0.416 e. The molecule has 2 nitrogen and oxygen atoms in total. The lowest BCUT2D eigenvalue weighted by Crippen LogP contribution is -2.75. The monoisotopic (exact) mass is 1190 g/mol. The average Bonchev–Trinajstić information content (AvgIpc) is 1.03. The summed E-state index contributed by atoms with van der Waals surface area (Å²) in [7, 11) is 0. The number of rotatable bonds is 8. The van der Waals surface area contributed by atoms with Gasteiger partial charge in [-0.15, -0.1) is 0 Å². The molecule has 0 aliphatic heterocycles. The Kier molecular flexibility index (Phi) is 16.3. The van der Waals surface area contributed by atoms with Crippen molar-refractivity contribution in [2.45, 2.75) is 56.0 Å². The van der Waals surface area contributed by atoms with Gasteiger partial charge in [-0.25, -0.2) is 0 Å².